The molecule has 6 nitrogen and oxygen atoms in total. The monoisotopic (exact) mass is 423 g/mol. The van der Waals surface area contributed by atoms with Crippen LogP contribution in [-0.2, 0) is 4.74 Å². The second kappa shape index (κ2) is 8.50. The zero-order valence-corrected chi connectivity index (χ0v) is 18.9. The molecule has 1 aromatic heterocycles. The predicted octanol–water partition coefficient (Wildman–Crippen LogP) is 4.71. The number of hydrogen-bond acceptors (Lipinski definition) is 5. The molecule has 1 aromatic carbocycles. The summed E-state index contributed by atoms with van der Waals surface area (Å²) in [4.78, 5) is 19.8. The van der Waals surface area contributed by atoms with Crippen LogP contribution in [0.25, 0.3) is 10.9 Å². The lowest BCUT2D eigenvalue weighted by Crippen LogP contribution is -2.56. The van der Waals surface area contributed by atoms with Crippen LogP contribution < -0.4 is 10.1 Å². The van der Waals surface area contributed by atoms with Crippen LogP contribution in [0.5, 0.6) is 5.75 Å². The lowest BCUT2D eigenvalue weighted by Gasteiger charge is -2.51. The molecular weight excluding hydrogens is 390 g/mol. The molecule has 3 saturated heterocycles. The fourth-order valence-electron chi connectivity index (χ4n) is 5.01. The third kappa shape index (κ3) is 4.54. The Hall–Kier alpha value is -2.60. The molecule has 5 rings (SSSR count). The average Bonchev–Trinajstić information content (AvgIpc) is 2.75. The first-order valence-electron chi connectivity index (χ1n) is 11.1. The van der Waals surface area contributed by atoms with Crippen LogP contribution >= 0.6 is 0 Å². The minimum Gasteiger partial charge on any atom is -0.497 e. The van der Waals surface area contributed by atoms with E-state index in [1.807, 2.05) is 45.0 Å². The Labute approximate surface area is 184 Å². The number of pyridine rings is 1. The molecule has 0 saturated carbocycles. The van der Waals surface area contributed by atoms with Gasteiger partial charge < -0.3 is 14.8 Å². The van der Waals surface area contributed by atoms with E-state index in [0.717, 1.165) is 41.7 Å². The highest BCUT2D eigenvalue weighted by molar-refractivity contribution is 5.84. The van der Waals surface area contributed by atoms with Crippen LogP contribution in [0.2, 0.25) is 0 Å². The number of aromatic nitrogens is 1. The van der Waals surface area contributed by atoms with Gasteiger partial charge in [-0.2, -0.15) is 0 Å². The van der Waals surface area contributed by atoms with Gasteiger partial charge in [0.25, 0.3) is 0 Å². The first kappa shape index (κ1) is 21.6. The van der Waals surface area contributed by atoms with E-state index in [1.165, 1.54) is 6.42 Å². The molecule has 166 valence electrons. The number of nitrogens with one attached hydrogen (secondary N) is 1. The highest BCUT2D eigenvalue weighted by Crippen LogP contribution is 2.43. The highest BCUT2D eigenvalue weighted by Gasteiger charge is 2.44. The Balaban J connectivity index is 1.74. The quantitative estimate of drug-likeness (QED) is 0.706. The average molecular weight is 424 g/mol. The molecule has 4 heterocycles. The van der Waals surface area contributed by atoms with Crippen molar-refractivity contribution in [3.05, 3.63) is 48.7 Å². The molecular formula is C25H33N3O3. The van der Waals surface area contributed by atoms with Gasteiger partial charge in [-0.15, -0.1) is 6.58 Å². The van der Waals surface area contributed by atoms with E-state index in [0.29, 0.717) is 11.8 Å². The number of carbonyl (C=O) groups is 1. The number of ether oxygens (including phenoxy) is 2. The topological polar surface area (TPSA) is 63.7 Å². The second-order valence-electron chi connectivity index (χ2n) is 9.73. The Kier molecular flexibility index (Phi) is 5.93. The number of rotatable bonds is 5. The van der Waals surface area contributed by atoms with Crippen molar-refractivity contribution in [1.29, 1.82) is 0 Å². The summed E-state index contributed by atoms with van der Waals surface area (Å²) in [6, 6.07) is 7.94. The lowest BCUT2D eigenvalue weighted by molar-refractivity contribution is -0.0506. The summed E-state index contributed by atoms with van der Waals surface area (Å²) in [5, 5.41) is 3.91. The van der Waals surface area contributed by atoms with Crippen LogP contribution in [0, 0.1) is 11.8 Å². The van der Waals surface area contributed by atoms with E-state index in [4.69, 9.17) is 9.47 Å². The van der Waals surface area contributed by atoms with Crippen molar-refractivity contribution in [1.82, 2.24) is 15.2 Å². The molecule has 5 atom stereocenters. The zero-order chi connectivity index (χ0) is 22.2. The SMILES string of the molecule is C=C[C@@H]1CN2CC[C@H]1C[C@H]2[C@@H](OC(=O)NC(C)(C)C)c1ccnc2ccc(OC)cc12. The van der Waals surface area contributed by atoms with Crippen LogP contribution in [-0.4, -0.2) is 47.8 Å². The van der Waals surface area contributed by atoms with Gasteiger partial charge in [0.2, 0.25) is 0 Å². The number of benzene rings is 1. The molecule has 0 aliphatic carbocycles. The maximum absolute atomic E-state index is 12.9. The smallest absolute Gasteiger partial charge is 0.408 e. The minimum absolute atomic E-state index is 0.123. The number of hydrogen-bond donors (Lipinski definition) is 1. The largest absolute Gasteiger partial charge is 0.497 e. The number of carbonyl (C=O) groups excluding carboxylic acids is 1. The molecule has 2 bridgehead atoms. The maximum atomic E-state index is 12.9. The Morgan fingerprint density at radius 1 is 1.35 bits per heavy atom. The summed E-state index contributed by atoms with van der Waals surface area (Å²) in [5.74, 6) is 1.84. The third-order valence-corrected chi connectivity index (χ3v) is 6.50. The molecule has 6 heteroatoms. The fourth-order valence-corrected chi connectivity index (χ4v) is 5.01. The number of piperidine rings is 3. The van der Waals surface area contributed by atoms with Crippen LogP contribution in [0.4, 0.5) is 4.79 Å². The van der Waals surface area contributed by atoms with Gasteiger partial charge in [0.05, 0.1) is 18.7 Å². The molecule has 1 unspecified atom stereocenters. The molecule has 3 aliphatic rings. The van der Waals surface area contributed by atoms with Crippen LogP contribution in [0.3, 0.4) is 0 Å². The highest BCUT2D eigenvalue weighted by atomic mass is 16.6. The third-order valence-electron chi connectivity index (χ3n) is 6.50. The van der Waals surface area contributed by atoms with Gasteiger partial charge in [0, 0.05) is 29.2 Å². The summed E-state index contributed by atoms with van der Waals surface area (Å²) in [6.07, 6.45) is 5.24. The molecule has 3 aliphatic heterocycles. The summed E-state index contributed by atoms with van der Waals surface area (Å²) >= 11 is 0. The van der Waals surface area contributed by atoms with E-state index < -0.39 is 12.2 Å². The van der Waals surface area contributed by atoms with Crippen molar-refractivity contribution in [3.8, 4) is 5.75 Å². The fraction of sp³-hybridized carbons (Fsp3) is 0.520. The molecule has 0 spiro atoms. The standard InChI is InChI=1S/C25H33N3O3/c1-6-16-15-28-12-10-17(16)13-22(28)23(31-24(29)27-25(2,3)4)19-9-11-26-21-8-7-18(30-5)14-20(19)21/h6-9,11,14,16-17,22-23H,1,10,12-13,15H2,2-5H3,(H,27,29)/t16-,17+,22+,23+/m1/s1. The predicted molar refractivity (Wildman–Crippen MR) is 122 cm³/mol. The van der Waals surface area contributed by atoms with Crippen LogP contribution in [0.15, 0.2) is 43.1 Å². The van der Waals surface area contributed by atoms with E-state index in [-0.39, 0.29) is 11.6 Å². The zero-order valence-electron chi connectivity index (χ0n) is 18.9. The van der Waals surface area contributed by atoms with Crippen molar-refractivity contribution in [2.75, 3.05) is 20.2 Å². The molecule has 31 heavy (non-hydrogen) atoms. The summed E-state index contributed by atoms with van der Waals surface area (Å²) in [7, 11) is 1.66. The Bertz CT molecular complexity index is 968. The Morgan fingerprint density at radius 2 is 2.16 bits per heavy atom. The number of methoxy groups -OCH3 is 1. The van der Waals surface area contributed by atoms with Crippen molar-refractivity contribution in [3.63, 3.8) is 0 Å². The van der Waals surface area contributed by atoms with Gasteiger partial charge in [-0.25, -0.2) is 4.79 Å². The van der Waals surface area contributed by atoms with Crippen molar-refractivity contribution >= 4 is 17.0 Å². The second-order valence-corrected chi connectivity index (χ2v) is 9.73. The van der Waals surface area contributed by atoms with E-state index in [9.17, 15) is 4.79 Å². The Morgan fingerprint density at radius 3 is 2.81 bits per heavy atom. The van der Waals surface area contributed by atoms with Gasteiger partial charge >= 0.3 is 6.09 Å². The lowest BCUT2D eigenvalue weighted by atomic mass is 9.73. The van der Waals surface area contributed by atoms with Crippen molar-refractivity contribution in [2.24, 2.45) is 11.8 Å². The maximum Gasteiger partial charge on any atom is 0.408 e. The van der Waals surface area contributed by atoms with E-state index in [1.54, 1.807) is 13.3 Å². The van der Waals surface area contributed by atoms with Gasteiger partial charge in [-0.05, 0) is 76.3 Å². The minimum atomic E-state index is -0.395. The van der Waals surface area contributed by atoms with Gasteiger partial charge in [-0.1, -0.05) is 6.08 Å². The summed E-state index contributed by atoms with van der Waals surface area (Å²) < 4.78 is 11.6. The molecule has 3 fully saturated rings. The number of fused-ring (bicyclic) bond motifs is 4. The first-order valence-corrected chi connectivity index (χ1v) is 11.1. The summed E-state index contributed by atoms with van der Waals surface area (Å²) in [6.45, 7) is 11.9. The number of alkyl carbamates (subject to hydrolysis) is 1. The summed E-state index contributed by atoms with van der Waals surface area (Å²) in [5.41, 5.74) is 1.47. The molecule has 1 N–H and O–H groups in total. The van der Waals surface area contributed by atoms with Gasteiger partial charge in [0.15, 0.2) is 0 Å². The molecule has 0 radical (unpaired) electrons. The molecule has 1 amide bonds. The number of nitrogens with zero attached hydrogens (tertiary/aromatic N) is 2. The first-order chi connectivity index (χ1) is 14.8. The van der Waals surface area contributed by atoms with Gasteiger partial charge in [0.1, 0.15) is 11.9 Å². The van der Waals surface area contributed by atoms with Gasteiger partial charge in [-0.3, -0.25) is 9.88 Å². The van der Waals surface area contributed by atoms with Crippen LogP contribution in [0.1, 0.15) is 45.3 Å². The van der Waals surface area contributed by atoms with E-state index >= 15 is 0 Å². The van der Waals surface area contributed by atoms with Crippen molar-refractivity contribution < 1.29 is 14.3 Å². The number of amides is 1. The normalized spacial score (nSPS) is 26.3. The van der Waals surface area contributed by atoms with E-state index in [2.05, 4.69) is 27.9 Å². The molecule has 2 aromatic rings. The van der Waals surface area contributed by atoms with Crippen molar-refractivity contribution in [2.45, 2.75) is 51.3 Å².